The Bertz CT molecular complexity index is 1600. The van der Waals surface area contributed by atoms with Crippen molar-refractivity contribution in [2.24, 2.45) is 0 Å². The molecule has 5 rings (SSSR count). The van der Waals surface area contributed by atoms with E-state index >= 15 is 0 Å². The maximum absolute atomic E-state index is 13.4. The van der Waals surface area contributed by atoms with Crippen LogP contribution in [0.15, 0.2) is 70.5 Å². The number of anilines is 3. The molecule has 0 aliphatic heterocycles. The zero-order valence-electron chi connectivity index (χ0n) is 19.3. The number of aromatic nitrogens is 3. The van der Waals surface area contributed by atoms with Gasteiger partial charge in [0.25, 0.3) is 15.6 Å². The van der Waals surface area contributed by atoms with Gasteiger partial charge in [-0.25, -0.2) is 18.4 Å². The van der Waals surface area contributed by atoms with E-state index in [0.29, 0.717) is 53.4 Å². The SMILES string of the molecule is Nc1ncc(-c2ccc3nc(N)n(C4CCC(O)CC4)c(=O)c3c2)cc1S(=O)(=O)Nc1ccccc1. The monoisotopic (exact) mass is 506 g/mol. The Morgan fingerprint density at radius 3 is 2.42 bits per heavy atom. The van der Waals surface area contributed by atoms with Gasteiger partial charge in [-0.3, -0.25) is 14.1 Å². The van der Waals surface area contributed by atoms with Crippen LogP contribution in [0.2, 0.25) is 0 Å². The third-order valence-corrected chi connectivity index (χ3v) is 7.90. The molecular formula is C25H26N6O4S. The largest absolute Gasteiger partial charge is 0.393 e. The number of nitrogens with one attached hydrogen (secondary N) is 1. The summed E-state index contributed by atoms with van der Waals surface area (Å²) in [7, 11) is -4.01. The molecule has 1 fully saturated rings. The molecular weight excluding hydrogens is 480 g/mol. The summed E-state index contributed by atoms with van der Waals surface area (Å²) in [6.45, 7) is 0. The molecule has 36 heavy (non-hydrogen) atoms. The lowest BCUT2D eigenvalue weighted by Crippen LogP contribution is -2.31. The van der Waals surface area contributed by atoms with Crippen LogP contribution in [0.4, 0.5) is 17.5 Å². The summed E-state index contributed by atoms with van der Waals surface area (Å²) in [4.78, 5) is 21.8. The average Bonchev–Trinajstić information content (AvgIpc) is 2.85. The van der Waals surface area contributed by atoms with Crippen molar-refractivity contribution >= 4 is 38.4 Å². The Kier molecular flexibility index (Phi) is 6.10. The second kappa shape index (κ2) is 9.25. The minimum atomic E-state index is -4.01. The highest BCUT2D eigenvalue weighted by Gasteiger charge is 2.25. The Morgan fingerprint density at radius 1 is 0.972 bits per heavy atom. The van der Waals surface area contributed by atoms with Gasteiger partial charge in [0.1, 0.15) is 10.7 Å². The fourth-order valence-corrected chi connectivity index (χ4v) is 5.78. The zero-order valence-corrected chi connectivity index (χ0v) is 20.1. The van der Waals surface area contributed by atoms with Gasteiger partial charge >= 0.3 is 0 Å². The number of nitrogens with two attached hydrogens (primary N) is 2. The van der Waals surface area contributed by atoms with Crippen molar-refractivity contribution < 1.29 is 13.5 Å². The highest BCUT2D eigenvalue weighted by molar-refractivity contribution is 7.92. The first-order valence-corrected chi connectivity index (χ1v) is 13.0. The van der Waals surface area contributed by atoms with E-state index in [4.69, 9.17) is 11.5 Å². The Morgan fingerprint density at radius 2 is 1.69 bits per heavy atom. The fourth-order valence-electron chi connectivity index (χ4n) is 4.61. The van der Waals surface area contributed by atoms with Crippen LogP contribution in [0, 0.1) is 0 Å². The predicted molar refractivity (Wildman–Crippen MR) is 139 cm³/mol. The minimum Gasteiger partial charge on any atom is -0.393 e. The number of pyridine rings is 1. The van der Waals surface area contributed by atoms with Gasteiger partial charge in [-0.05, 0) is 61.6 Å². The highest BCUT2D eigenvalue weighted by atomic mass is 32.2. The molecule has 1 aliphatic rings. The fraction of sp³-hybridized carbons (Fsp3) is 0.240. The first-order valence-electron chi connectivity index (χ1n) is 11.6. The number of hydrogen-bond donors (Lipinski definition) is 4. The van der Waals surface area contributed by atoms with Crippen LogP contribution in [-0.4, -0.2) is 34.2 Å². The van der Waals surface area contributed by atoms with Crippen LogP contribution in [-0.2, 0) is 10.0 Å². The van der Waals surface area contributed by atoms with Crippen molar-refractivity contribution in [3.8, 4) is 11.1 Å². The van der Waals surface area contributed by atoms with Gasteiger partial charge in [0.2, 0.25) is 5.95 Å². The molecule has 2 aromatic heterocycles. The number of benzene rings is 2. The second-order valence-corrected chi connectivity index (χ2v) is 10.6. The molecule has 2 heterocycles. The van der Waals surface area contributed by atoms with Gasteiger partial charge < -0.3 is 16.6 Å². The number of hydrogen-bond acceptors (Lipinski definition) is 8. The number of nitrogen functional groups attached to an aromatic ring is 2. The van der Waals surface area contributed by atoms with Crippen LogP contribution in [0.3, 0.4) is 0 Å². The normalized spacial score (nSPS) is 18.2. The molecule has 10 nitrogen and oxygen atoms in total. The van der Waals surface area contributed by atoms with Crippen molar-refractivity contribution in [2.45, 2.75) is 42.7 Å². The summed E-state index contributed by atoms with van der Waals surface area (Å²) < 4.78 is 30.1. The third kappa shape index (κ3) is 4.50. The van der Waals surface area contributed by atoms with Gasteiger partial charge in [0.05, 0.1) is 17.0 Å². The van der Waals surface area contributed by atoms with E-state index in [1.54, 1.807) is 48.5 Å². The van der Waals surface area contributed by atoms with Gasteiger partial charge in [-0.15, -0.1) is 0 Å². The Balaban J connectivity index is 1.55. The molecule has 1 saturated carbocycles. The number of aliphatic hydroxyl groups is 1. The third-order valence-electron chi connectivity index (χ3n) is 6.49. The van der Waals surface area contributed by atoms with Crippen molar-refractivity contribution in [2.75, 3.05) is 16.2 Å². The summed E-state index contributed by atoms with van der Waals surface area (Å²) in [6.07, 6.45) is 3.56. The second-order valence-electron chi connectivity index (χ2n) is 8.92. The molecule has 2 aromatic carbocycles. The lowest BCUT2D eigenvalue weighted by molar-refractivity contribution is 0.110. The zero-order chi connectivity index (χ0) is 25.4. The summed E-state index contributed by atoms with van der Waals surface area (Å²) in [6, 6.07) is 14.8. The van der Waals surface area contributed by atoms with E-state index in [0.717, 1.165) is 0 Å². The number of sulfonamides is 1. The smallest absolute Gasteiger partial charge is 0.265 e. The summed E-state index contributed by atoms with van der Waals surface area (Å²) >= 11 is 0. The van der Waals surface area contributed by atoms with Gasteiger partial charge in [-0.2, -0.15) is 0 Å². The summed E-state index contributed by atoms with van der Waals surface area (Å²) in [5.74, 6) is -0.00425. The predicted octanol–water partition coefficient (Wildman–Crippen LogP) is 2.90. The Labute approximate surface area is 207 Å². The molecule has 4 aromatic rings. The number of aliphatic hydroxyl groups excluding tert-OH is 1. The van der Waals surface area contributed by atoms with Crippen molar-refractivity contribution in [3.05, 3.63) is 71.1 Å². The molecule has 1 aliphatic carbocycles. The van der Waals surface area contributed by atoms with E-state index in [1.807, 2.05) is 0 Å². The molecule has 186 valence electrons. The van der Waals surface area contributed by atoms with Crippen LogP contribution >= 0.6 is 0 Å². The topological polar surface area (TPSA) is 166 Å². The molecule has 0 spiro atoms. The summed E-state index contributed by atoms with van der Waals surface area (Å²) in [5, 5.41) is 10.2. The van der Waals surface area contributed by atoms with Crippen molar-refractivity contribution in [1.29, 1.82) is 0 Å². The molecule has 0 radical (unpaired) electrons. The molecule has 0 bridgehead atoms. The van der Waals surface area contributed by atoms with E-state index in [1.165, 1.54) is 16.8 Å². The average molecular weight is 507 g/mol. The standard InChI is InChI=1S/C25H26N6O4S/c26-23-22(36(34,35)30-17-4-2-1-3-5-17)13-16(14-28-23)15-6-11-21-20(12-15)24(33)31(25(27)29-21)18-7-9-19(32)10-8-18/h1-6,11-14,18-19,30,32H,7-10H2,(H2,26,28)(H2,27,29). The van der Waals surface area contributed by atoms with Crippen LogP contribution < -0.4 is 21.7 Å². The highest BCUT2D eigenvalue weighted by Crippen LogP contribution is 2.31. The maximum Gasteiger partial charge on any atom is 0.265 e. The molecule has 0 amide bonds. The molecule has 0 saturated heterocycles. The van der Waals surface area contributed by atoms with Gasteiger partial charge in [0.15, 0.2) is 0 Å². The number of fused-ring (bicyclic) bond motifs is 1. The minimum absolute atomic E-state index is 0.135. The van der Waals surface area contributed by atoms with Gasteiger partial charge in [0, 0.05) is 23.5 Å². The number of nitrogens with zero attached hydrogens (tertiary/aromatic N) is 3. The van der Waals surface area contributed by atoms with Gasteiger partial charge in [-0.1, -0.05) is 24.3 Å². The summed E-state index contributed by atoms with van der Waals surface area (Å²) in [5.41, 5.74) is 13.7. The Hall–Kier alpha value is -3.96. The van der Waals surface area contributed by atoms with E-state index in [-0.39, 0.29) is 34.4 Å². The first kappa shape index (κ1) is 23.8. The van der Waals surface area contributed by atoms with E-state index < -0.39 is 10.0 Å². The van der Waals surface area contributed by atoms with Crippen LogP contribution in [0.5, 0.6) is 0 Å². The quantitative estimate of drug-likeness (QED) is 0.321. The van der Waals surface area contributed by atoms with Crippen LogP contribution in [0.1, 0.15) is 31.7 Å². The lowest BCUT2D eigenvalue weighted by atomic mass is 9.93. The lowest BCUT2D eigenvalue weighted by Gasteiger charge is -2.28. The maximum atomic E-state index is 13.4. The molecule has 11 heteroatoms. The first-order chi connectivity index (χ1) is 17.2. The van der Waals surface area contributed by atoms with Crippen molar-refractivity contribution in [1.82, 2.24) is 14.5 Å². The van der Waals surface area contributed by atoms with E-state index in [2.05, 4.69) is 14.7 Å². The van der Waals surface area contributed by atoms with E-state index in [9.17, 15) is 18.3 Å². The molecule has 0 unspecified atom stereocenters. The number of rotatable bonds is 5. The number of para-hydroxylation sites is 1. The molecule has 0 atom stereocenters. The van der Waals surface area contributed by atoms with Crippen molar-refractivity contribution in [3.63, 3.8) is 0 Å². The van der Waals surface area contributed by atoms with Crippen LogP contribution in [0.25, 0.3) is 22.0 Å². The molecule has 6 N–H and O–H groups in total.